The molecule has 0 unspecified atom stereocenters. The minimum atomic E-state index is -0.471. The average molecular weight is 244 g/mol. The molecule has 0 aliphatic rings. The van der Waals surface area contributed by atoms with Crippen LogP contribution in [0.5, 0.6) is 0 Å². The summed E-state index contributed by atoms with van der Waals surface area (Å²) in [6, 6.07) is 3.65. The summed E-state index contributed by atoms with van der Waals surface area (Å²) in [6.45, 7) is 1.89. The number of hydrogen-bond acceptors (Lipinski definition) is 5. The fraction of sp³-hybridized carbons (Fsp3) is 0.0909. The second-order valence-electron chi connectivity index (χ2n) is 3.23. The van der Waals surface area contributed by atoms with Crippen molar-refractivity contribution in [1.82, 2.24) is 15.3 Å². The smallest absolute Gasteiger partial charge is 0.265 e. The van der Waals surface area contributed by atoms with Crippen LogP contribution in [0.25, 0.3) is 11.3 Å². The zero-order valence-corrected chi connectivity index (χ0v) is 9.78. The lowest BCUT2D eigenvalue weighted by Gasteiger charge is -1.96. The van der Waals surface area contributed by atoms with Gasteiger partial charge in [0, 0.05) is 22.8 Å². The maximum absolute atomic E-state index is 11.4. The van der Waals surface area contributed by atoms with Crippen molar-refractivity contribution in [3.63, 3.8) is 0 Å². The van der Waals surface area contributed by atoms with Crippen molar-refractivity contribution in [3.05, 3.63) is 34.4 Å². The largest absolute Gasteiger partial charge is 0.293 e. The summed E-state index contributed by atoms with van der Waals surface area (Å²) >= 11 is 1.26. The number of hydrogen-bond donors (Lipinski definition) is 1. The number of carbonyl (C=O) groups excluding carboxylic acids is 1. The highest BCUT2D eigenvalue weighted by molar-refractivity contribution is 7.14. The van der Waals surface area contributed by atoms with Crippen molar-refractivity contribution >= 4 is 17.2 Å². The molecule has 0 spiro atoms. The molecule has 0 bridgehead atoms. The summed E-state index contributed by atoms with van der Waals surface area (Å²) in [4.78, 5) is 20.5. The molecule has 5 nitrogen and oxygen atoms in total. The van der Waals surface area contributed by atoms with Crippen LogP contribution >= 0.6 is 11.3 Å². The van der Waals surface area contributed by atoms with Crippen LogP contribution in [0.3, 0.4) is 0 Å². The number of pyridine rings is 1. The summed E-state index contributed by atoms with van der Waals surface area (Å²) in [6.07, 6.45) is 4.93. The maximum atomic E-state index is 11.4. The Morgan fingerprint density at radius 3 is 2.82 bits per heavy atom. The molecule has 0 atom stereocenters. The predicted molar refractivity (Wildman–Crippen MR) is 63.2 cm³/mol. The van der Waals surface area contributed by atoms with Crippen molar-refractivity contribution in [2.24, 2.45) is 0 Å². The van der Waals surface area contributed by atoms with Gasteiger partial charge in [-0.1, -0.05) is 0 Å². The first-order valence-corrected chi connectivity index (χ1v) is 5.61. The van der Waals surface area contributed by atoms with Gasteiger partial charge in [0.05, 0.1) is 5.69 Å². The number of aryl methyl sites for hydroxylation is 1. The van der Waals surface area contributed by atoms with Gasteiger partial charge in [-0.05, 0) is 19.1 Å². The number of thiazole rings is 1. The Balaban J connectivity index is 2.39. The fourth-order valence-corrected chi connectivity index (χ4v) is 2.21. The highest BCUT2D eigenvalue weighted by Gasteiger charge is 2.14. The molecular formula is C11H8N4OS. The second-order valence-corrected chi connectivity index (χ2v) is 4.43. The minimum absolute atomic E-state index is 0.288. The molecular weight excluding hydrogens is 236 g/mol. The van der Waals surface area contributed by atoms with Crippen LogP contribution in [0.4, 0.5) is 0 Å². The summed E-state index contributed by atoms with van der Waals surface area (Å²) in [7, 11) is 0. The summed E-state index contributed by atoms with van der Waals surface area (Å²) in [5, 5.41) is 10.7. The van der Waals surface area contributed by atoms with Gasteiger partial charge in [0.1, 0.15) is 0 Å². The van der Waals surface area contributed by atoms with Gasteiger partial charge in [-0.15, -0.1) is 11.3 Å². The maximum Gasteiger partial charge on any atom is 0.293 e. The lowest BCUT2D eigenvalue weighted by molar-refractivity contribution is 0.0972. The van der Waals surface area contributed by atoms with E-state index in [0.717, 1.165) is 16.1 Å². The molecule has 0 aliphatic carbocycles. The number of amides is 1. The summed E-state index contributed by atoms with van der Waals surface area (Å²) in [5.74, 6) is -0.471. The number of carbonyl (C=O) groups is 1. The molecule has 0 aliphatic heterocycles. The van der Waals surface area contributed by atoms with Gasteiger partial charge in [-0.25, -0.2) is 4.98 Å². The van der Waals surface area contributed by atoms with Crippen LogP contribution in [0.15, 0.2) is 24.5 Å². The molecule has 2 aromatic rings. The zero-order valence-electron chi connectivity index (χ0n) is 8.97. The molecule has 0 aromatic carbocycles. The van der Waals surface area contributed by atoms with E-state index in [1.165, 1.54) is 11.3 Å². The molecule has 0 saturated carbocycles. The number of nitrogens with zero attached hydrogens (tertiary/aromatic N) is 3. The van der Waals surface area contributed by atoms with E-state index < -0.39 is 5.91 Å². The topological polar surface area (TPSA) is 78.7 Å². The summed E-state index contributed by atoms with van der Waals surface area (Å²) < 4.78 is 0. The lowest BCUT2D eigenvalue weighted by atomic mass is 10.2. The van der Waals surface area contributed by atoms with E-state index in [-0.39, 0.29) is 5.01 Å². The Bertz CT molecular complexity index is 585. The van der Waals surface area contributed by atoms with Gasteiger partial charge < -0.3 is 0 Å². The van der Waals surface area contributed by atoms with Crippen LogP contribution in [-0.4, -0.2) is 15.9 Å². The van der Waals surface area contributed by atoms with E-state index in [2.05, 4.69) is 15.3 Å². The van der Waals surface area contributed by atoms with Crippen molar-refractivity contribution in [2.45, 2.75) is 6.92 Å². The van der Waals surface area contributed by atoms with Crippen LogP contribution < -0.4 is 5.32 Å². The average Bonchev–Trinajstić information content (AvgIpc) is 2.73. The lowest BCUT2D eigenvalue weighted by Crippen LogP contribution is -2.16. The fourth-order valence-electron chi connectivity index (χ4n) is 1.38. The first kappa shape index (κ1) is 11.2. The third kappa shape index (κ3) is 2.29. The molecule has 0 fully saturated rings. The number of nitrogens with one attached hydrogen (secondary N) is 1. The molecule has 1 N–H and O–H groups in total. The highest BCUT2D eigenvalue weighted by Crippen LogP contribution is 2.26. The third-order valence-electron chi connectivity index (χ3n) is 2.11. The monoisotopic (exact) mass is 244 g/mol. The van der Waals surface area contributed by atoms with Gasteiger partial charge in [0.15, 0.2) is 11.2 Å². The first-order valence-electron chi connectivity index (χ1n) is 4.79. The van der Waals surface area contributed by atoms with Crippen molar-refractivity contribution in [3.8, 4) is 17.5 Å². The van der Waals surface area contributed by atoms with Crippen LogP contribution in [0.2, 0.25) is 0 Å². The molecule has 0 radical (unpaired) electrons. The Hall–Kier alpha value is -2.26. The van der Waals surface area contributed by atoms with Crippen molar-refractivity contribution in [1.29, 1.82) is 5.26 Å². The van der Waals surface area contributed by atoms with Crippen molar-refractivity contribution in [2.75, 3.05) is 0 Å². The van der Waals surface area contributed by atoms with Crippen molar-refractivity contribution < 1.29 is 4.79 Å². The standard InChI is InChI=1S/C11H8N4OS/c1-7-9(8-2-4-13-5-3-8)15-11(17-7)10(16)14-6-12/h2-5H,1H3,(H,14,16). The Morgan fingerprint density at radius 1 is 1.47 bits per heavy atom. The van der Waals surface area contributed by atoms with Gasteiger partial charge in [0.2, 0.25) is 0 Å². The quantitative estimate of drug-likeness (QED) is 0.644. The molecule has 17 heavy (non-hydrogen) atoms. The van der Waals surface area contributed by atoms with Crippen LogP contribution in [0, 0.1) is 18.4 Å². The molecule has 6 heteroatoms. The Kier molecular flexibility index (Phi) is 3.12. The molecule has 1 amide bonds. The normalized spacial score (nSPS) is 9.65. The molecule has 2 aromatic heterocycles. The van der Waals surface area contributed by atoms with E-state index in [4.69, 9.17) is 5.26 Å². The minimum Gasteiger partial charge on any atom is -0.265 e. The zero-order chi connectivity index (χ0) is 12.3. The second kappa shape index (κ2) is 4.72. The first-order chi connectivity index (χ1) is 8.22. The van der Waals surface area contributed by atoms with E-state index in [0.29, 0.717) is 0 Å². The number of aromatic nitrogens is 2. The van der Waals surface area contributed by atoms with Crippen LogP contribution in [-0.2, 0) is 0 Å². The Morgan fingerprint density at radius 2 is 2.18 bits per heavy atom. The third-order valence-corrected chi connectivity index (χ3v) is 3.08. The van der Waals surface area contributed by atoms with E-state index >= 15 is 0 Å². The molecule has 2 rings (SSSR count). The number of nitriles is 1. The molecule has 0 saturated heterocycles. The number of rotatable bonds is 2. The predicted octanol–water partition coefficient (Wildman–Crippen LogP) is 1.72. The van der Waals surface area contributed by atoms with E-state index in [9.17, 15) is 4.79 Å². The summed E-state index contributed by atoms with van der Waals surface area (Å²) in [5.41, 5.74) is 1.66. The molecule has 2 heterocycles. The van der Waals surface area contributed by atoms with Gasteiger partial charge in [-0.2, -0.15) is 5.26 Å². The molecule has 84 valence electrons. The van der Waals surface area contributed by atoms with Gasteiger partial charge in [0.25, 0.3) is 5.91 Å². The van der Waals surface area contributed by atoms with Gasteiger partial charge >= 0.3 is 0 Å². The van der Waals surface area contributed by atoms with Gasteiger partial charge in [-0.3, -0.25) is 15.1 Å². The van der Waals surface area contributed by atoms with Crippen LogP contribution in [0.1, 0.15) is 14.7 Å². The SMILES string of the molecule is Cc1sc(C(=O)NC#N)nc1-c1ccncc1. The van der Waals surface area contributed by atoms with E-state index in [1.807, 2.05) is 19.1 Å². The van der Waals surface area contributed by atoms with E-state index in [1.54, 1.807) is 18.6 Å². The highest BCUT2D eigenvalue weighted by atomic mass is 32.1. The Labute approximate surface area is 102 Å².